The summed E-state index contributed by atoms with van der Waals surface area (Å²) in [6.45, 7) is 7.68. The molecule has 9 rings (SSSR count). The van der Waals surface area contributed by atoms with Gasteiger partial charge in [-0.15, -0.1) is 0 Å². The number of amides is 2. The van der Waals surface area contributed by atoms with Crippen molar-refractivity contribution in [2.75, 3.05) is 99.6 Å². The zero-order chi connectivity index (χ0) is 55.3. The smallest absolute Gasteiger partial charge is 0.330 e. The second-order valence-electron chi connectivity index (χ2n) is 22.0. The molecule has 2 amide bonds. The average Bonchev–Trinajstić information content (AvgIpc) is 4.00. The lowest BCUT2D eigenvalue weighted by molar-refractivity contribution is -0.163. The monoisotopic (exact) mass is 1080 g/mol. The predicted molar refractivity (Wildman–Crippen MR) is 296 cm³/mol. The van der Waals surface area contributed by atoms with E-state index in [1.165, 1.54) is 0 Å². The molecular weight excluding hydrogens is 1000 g/mol. The van der Waals surface area contributed by atoms with Gasteiger partial charge in [0.05, 0.1) is 44.3 Å². The van der Waals surface area contributed by atoms with Crippen molar-refractivity contribution in [1.29, 1.82) is 0 Å². The van der Waals surface area contributed by atoms with Crippen LogP contribution in [0.3, 0.4) is 0 Å². The third-order valence-corrected chi connectivity index (χ3v) is 16.9. The molecule has 4 aromatic rings. The van der Waals surface area contributed by atoms with Crippen molar-refractivity contribution in [1.82, 2.24) is 39.6 Å². The number of carbonyl (C=O) groups is 5. The molecule has 1 atom stereocenters. The molecule has 1 saturated heterocycles. The highest BCUT2D eigenvalue weighted by Gasteiger charge is 2.62. The maximum absolute atomic E-state index is 14.5. The number of thiocarbonyl (C=S) groups is 1. The van der Waals surface area contributed by atoms with E-state index in [9.17, 15) is 39.3 Å². The van der Waals surface area contributed by atoms with Crippen molar-refractivity contribution >= 4 is 52.7 Å². The topological polar surface area (TPSA) is 223 Å². The van der Waals surface area contributed by atoms with Gasteiger partial charge in [-0.1, -0.05) is 32.0 Å². The number of likely N-dealkylation sites (N-methyl/N-ethyl adjacent to an activating group) is 1. The van der Waals surface area contributed by atoms with Crippen molar-refractivity contribution in [2.24, 2.45) is 23.7 Å². The van der Waals surface area contributed by atoms with E-state index < -0.39 is 29.4 Å². The van der Waals surface area contributed by atoms with Crippen LogP contribution in [-0.2, 0) is 20.8 Å². The Kier molecular flexibility index (Phi) is 17.9. The van der Waals surface area contributed by atoms with E-state index in [2.05, 4.69) is 15.5 Å². The Morgan fingerprint density at radius 2 is 1.43 bits per heavy atom. The van der Waals surface area contributed by atoms with Crippen molar-refractivity contribution in [3.05, 3.63) is 89.1 Å². The summed E-state index contributed by atoms with van der Waals surface area (Å²) in [6.07, 6.45) is 5.45. The first kappa shape index (κ1) is 56.6. The highest BCUT2D eigenvalue weighted by molar-refractivity contribution is 7.80. The summed E-state index contributed by atoms with van der Waals surface area (Å²) in [6, 6.07) is 20.1. The maximum Gasteiger partial charge on any atom is 0.330 e. The molecule has 5 fully saturated rings. The van der Waals surface area contributed by atoms with Crippen LogP contribution in [0.25, 0.3) is 16.9 Å². The van der Waals surface area contributed by atoms with Crippen LogP contribution in [-0.4, -0.2) is 190 Å². The van der Waals surface area contributed by atoms with Gasteiger partial charge < -0.3 is 50.1 Å². The van der Waals surface area contributed by atoms with Gasteiger partial charge in [0.1, 0.15) is 17.0 Å². The summed E-state index contributed by atoms with van der Waals surface area (Å²) in [4.78, 5) is 75.1. The number of methoxy groups -OCH3 is 2. The number of anilines is 1. The number of rotatable bonds is 20. The maximum atomic E-state index is 14.5. The van der Waals surface area contributed by atoms with E-state index in [4.69, 9.17) is 26.8 Å². The first-order chi connectivity index (χ1) is 36.8. The third kappa shape index (κ3) is 12.7. The Bertz CT molecular complexity index is 2770. The summed E-state index contributed by atoms with van der Waals surface area (Å²) in [5.41, 5.74) is 3.40. The molecule has 2 heterocycles. The van der Waals surface area contributed by atoms with Gasteiger partial charge in [0.2, 0.25) is 0 Å². The lowest BCUT2D eigenvalue weighted by atomic mass is 9.48. The number of hydrogen-bond acceptors (Lipinski definition) is 12. The molecule has 0 spiro atoms. The normalized spacial score (nSPS) is 22.6. The fraction of sp³-hybridized carbons (Fsp3) is 0.526. The summed E-state index contributed by atoms with van der Waals surface area (Å²) in [5, 5.41) is 42.0. The molecular formula is C57H75N9O10S. The highest BCUT2D eigenvalue weighted by atomic mass is 32.1. The summed E-state index contributed by atoms with van der Waals surface area (Å²) in [5.74, 6) is -2.00. The number of ether oxygens (including phenoxy) is 2. The zero-order valence-electron chi connectivity index (χ0n) is 45.4. The number of aromatic nitrogens is 2. The SMILES string of the molecule is COc1cccc(OC)c1-c1cc(C(=O)NC2(C(=O)O)C3CC4CC(C3)CC2C4)nn1-c1ccc(C(=O)N(C)CCCN(C)C(=S)Nc2ccc(CC3CN(CC(=O)O)CCN(C)CCN3CC(=O)O)cc2)cc1C(C)C. The molecule has 5 N–H and O–H groups in total. The Balaban J connectivity index is 0.934. The second kappa shape index (κ2) is 24.4. The number of carboxylic acids is 3. The minimum Gasteiger partial charge on any atom is -0.496 e. The molecule has 3 aromatic carbocycles. The molecule has 5 aliphatic rings. The number of hydrogen-bond donors (Lipinski definition) is 5. The number of carboxylic acid groups (broad SMARTS) is 3. The molecule has 77 heavy (non-hydrogen) atoms. The van der Waals surface area contributed by atoms with Gasteiger partial charge >= 0.3 is 17.9 Å². The van der Waals surface area contributed by atoms with Crippen LogP contribution in [0.2, 0.25) is 0 Å². The Morgan fingerprint density at radius 3 is 2.03 bits per heavy atom. The van der Waals surface area contributed by atoms with Crippen molar-refractivity contribution in [3.63, 3.8) is 0 Å². The van der Waals surface area contributed by atoms with Gasteiger partial charge in [-0.3, -0.25) is 29.0 Å². The number of nitrogens with one attached hydrogen (secondary N) is 2. The van der Waals surface area contributed by atoms with Crippen molar-refractivity contribution in [3.8, 4) is 28.4 Å². The molecule has 4 bridgehead atoms. The molecule has 1 aromatic heterocycles. The minimum absolute atomic E-state index is 0.0512. The zero-order valence-corrected chi connectivity index (χ0v) is 46.2. The highest BCUT2D eigenvalue weighted by Crippen LogP contribution is 2.58. The van der Waals surface area contributed by atoms with Gasteiger partial charge in [-0.25, -0.2) is 9.48 Å². The van der Waals surface area contributed by atoms with Gasteiger partial charge in [0.15, 0.2) is 10.8 Å². The number of carbonyl (C=O) groups excluding carboxylic acids is 2. The molecule has 19 nitrogen and oxygen atoms in total. The Labute approximate surface area is 456 Å². The fourth-order valence-corrected chi connectivity index (χ4v) is 12.8. The molecule has 1 unspecified atom stereocenters. The number of nitrogens with zero attached hydrogens (tertiary/aromatic N) is 7. The van der Waals surface area contributed by atoms with Crippen LogP contribution >= 0.6 is 12.2 Å². The summed E-state index contributed by atoms with van der Waals surface area (Å²) < 4.78 is 13.4. The minimum atomic E-state index is -1.37. The lowest BCUT2D eigenvalue weighted by Gasteiger charge is -2.59. The lowest BCUT2D eigenvalue weighted by Crippen LogP contribution is -2.70. The first-order valence-electron chi connectivity index (χ1n) is 26.7. The summed E-state index contributed by atoms with van der Waals surface area (Å²) in [7, 11) is 8.73. The predicted octanol–water partition coefficient (Wildman–Crippen LogP) is 6.11. The van der Waals surface area contributed by atoms with Crippen molar-refractivity contribution < 1.29 is 48.8 Å². The molecule has 414 valence electrons. The molecule has 4 aliphatic carbocycles. The fourth-order valence-electron chi connectivity index (χ4n) is 12.6. The Morgan fingerprint density at radius 1 is 0.805 bits per heavy atom. The van der Waals surface area contributed by atoms with Crippen LogP contribution in [0.1, 0.15) is 90.3 Å². The van der Waals surface area contributed by atoms with E-state index in [0.29, 0.717) is 110 Å². The van der Waals surface area contributed by atoms with E-state index in [1.54, 1.807) is 55.1 Å². The van der Waals surface area contributed by atoms with Gasteiger partial charge in [0, 0.05) is 77.2 Å². The quantitative estimate of drug-likeness (QED) is 0.0630. The molecule has 20 heteroatoms. The van der Waals surface area contributed by atoms with E-state index in [1.807, 2.05) is 85.1 Å². The van der Waals surface area contributed by atoms with Gasteiger partial charge in [-0.2, -0.15) is 5.10 Å². The third-order valence-electron chi connectivity index (χ3n) is 16.5. The number of aliphatic carboxylic acids is 3. The van der Waals surface area contributed by atoms with Crippen LogP contribution in [0.15, 0.2) is 66.7 Å². The second-order valence-corrected chi connectivity index (χ2v) is 22.4. The average molecular weight is 1080 g/mol. The summed E-state index contributed by atoms with van der Waals surface area (Å²) >= 11 is 5.78. The van der Waals surface area contributed by atoms with Crippen molar-refractivity contribution in [2.45, 2.75) is 76.3 Å². The van der Waals surface area contributed by atoms with Crippen LogP contribution < -0.4 is 20.1 Å². The van der Waals surface area contributed by atoms with Gasteiger partial charge in [0.25, 0.3) is 11.8 Å². The largest absolute Gasteiger partial charge is 0.496 e. The van der Waals surface area contributed by atoms with E-state index in [-0.39, 0.29) is 48.5 Å². The molecule has 0 radical (unpaired) electrons. The van der Waals surface area contributed by atoms with E-state index in [0.717, 1.165) is 48.9 Å². The van der Waals surface area contributed by atoms with Gasteiger partial charge in [-0.05, 0) is 153 Å². The van der Waals surface area contributed by atoms with E-state index >= 15 is 0 Å². The van der Waals surface area contributed by atoms with Crippen LogP contribution in [0.5, 0.6) is 11.5 Å². The Hall–Kier alpha value is -6.61. The number of benzene rings is 3. The molecule has 4 saturated carbocycles. The molecule has 1 aliphatic heterocycles. The first-order valence-corrected chi connectivity index (χ1v) is 27.2. The van der Waals surface area contributed by atoms with Crippen LogP contribution in [0, 0.1) is 23.7 Å². The van der Waals surface area contributed by atoms with Crippen LogP contribution in [0.4, 0.5) is 5.69 Å². The standard InChI is InChI=1S/C57H75N9O10S/c1-35(2)44-30-39(54(72)62(4)18-9-19-63(5)56(77)58-42-15-12-36(13-16-42)29-43-32-64(33-50(67)68)22-20-61(3)21-23-65(43)34-51(69)70)14-17-46(44)66-47(52-48(75-6)10-8-11-49(52)76-7)31-45(60-66)53(71)59-57(55(73)74)40-25-37-24-38(27-40)28-41(57)26-37/h8,10-17,30-31,35,37-38,40-41,43H,9,18-29,32-34H2,1-7H3,(H,58,77)(H,59,71)(H,67,68)(H,69,70)(H,73,74).